The summed E-state index contributed by atoms with van der Waals surface area (Å²) in [5, 5.41) is 5.14. The zero-order valence-corrected chi connectivity index (χ0v) is 16.9. The molecule has 1 aliphatic heterocycles. The molecule has 1 N–H and O–H groups in total. The van der Waals surface area contributed by atoms with Crippen molar-refractivity contribution in [2.24, 2.45) is 17.8 Å². The average Bonchev–Trinajstić information content (AvgIpc) is 3.39. The predicted octanol–water partition coefficient (Wildman–Crippen LogP) is 1.77. The molecular formula is C22H26N4O4. The molecule has 1 aromatic heterocycles. The summed E-state index contributed by atoms with van der Waals surface area (Å²) in [6.07, 6.45) is 5.20. The Hall–Kier alpha value is -2.74. The maximum atomic E-state index is 13.1. The molecule has 0 spiro atoms. The molecule has 8 nitrogen and oxygen atoms in total. The van der Waals surface area contributed by atoms with E-state index in [4.69, 9.17) is 4.74 Å². The zero-order valence-electron chi connectivity index (χ0n) is 16.9. The van der Waals surface area contributed by atoms with E-state index < -0.39 is 5.56 Å². The summed E-state index contributed by atoms with van der Waals surface area (Å²) >= 11 is 0. The second kappa shape index (κ2) is 7.83. The van der Waals surface area contributed by atoms with Crippen LogP contribution in [0.4, 0.5) is 0 Å². The van der Waals surface area contributed by atoms with Crippen LogP contribution in [0, 0.1) is 17.8 Å². The Labute approximate surface area is 174 Å². The molecule has 30 heavy (non-hydrogen) atoms. The van der Waals surface area contributed by atoms with Crippen LogP contribution >= 0.6 is 0 Å². The first-order chi connectivity index (χ1) is 14.6. The fourth-order valence-electron chi connectivity index (χ4n) is 5.37. The van der Waals surface area contributed by atoms with Crippen LogP contribution in [0.3, 0.4) is 0 Å². The lowest BCUT2D eigenvalue weighted by molar-refractivity contribution is -0.118. The van der Waals surface area contributed by atoms with Crippen molar-refractivity contribution >= 4 is 22.6 Å². The number of nitrogens with zero attached hydrogens (tertiary/aromatic N) is 3. The minimum Gasteiger partial charge on any atom is -0.378 e. The van der Waals surface area contributed by atoms with E-state index in [2.05, 4.69) is 10.5 Å². The number of morpholine rings is 1. The van der Waals surface area contributed by atoms with Crippen molar-refractivity contribution in [3.8, 4) is 0 Å². The van der Waals surface area contributed by atoms with Crippen LogP contribution in [-0.2, 0) is 9.53 Å². The summed E-state index contributed by atoms with van der Waals surface area (Å²) in [7, 11) is 0. The van der Waals surface area contributed by atoms with E-state index in [1.165, 1.54) is 19.3 Å². The topological polar surface area (TPSA) is 93.5 Å². The van der Waals surface area contributed by atoms with Crippen molar-refractivity contribution in [3.63, 3.8) is 0 Å². The van der Waals surface area contributed by atoms with E-state index in [-0.39, 0.29) is 17.5 Å². The number of aromatic nitrogens is 2. The molecule has 8 heteroatoms. The van der Waals surface area contributed by atoms with Gasteiger partial charge in [0.15, 0.2) is 5.69 Å². The minimum absolute atomic E-state index is 0.173. The van der Waals surface area contributed by atoms with E-state index >= 15 is 0 Å². The Bertz CT molecular complexity index is 1040. The van der Waals surface area contributed by atoms with Gasteiger partial charge in [-0.25, -0.2) is 5.43 Å². The Balaban J connectivity index is 1.43. The van der Waals surface area contributed by atoms with Gasteiger partial charge in [-0.3, -0.25) is 14.4 Å². The van der Waals surface area contributed by atoms with Crippen molar-refractivity contribution < 1.29 is 14.3 Å². The third-order valence-electron chi connectivity index (χ3n) is 6.87. The van der Waals surface area contributed by atoms with Crippen LogP contribution < -0.4 is 11.0 Å². The van der Waals surface area contributed by atoms with Gasteiger partial charge in [0.1, 0.15) is 0 Å². The summed E-state index contributed by atoms with van der Waals surface area (Å²) in [5.41, 5.74) is 2.39. The minimum atomic E-state index is -0.426. The Kier molecular flexibility index (Phi) is 5.02. The number of hydrogen-bond acceptors (Lipinski definition) is 5. The van der Waals surface area contributed by atoms with Gasteiger partial charge in [0, 0.05) is 24.9 Å². The smallest absolute Gasteiger partial charge is 0.294 e. The molecule has 3 atom stereocenters. The van der Waals surface area contributed by atoms with Crippen molar-refractivity contribution in [2.45, 2.75) is 32.1 Å². The zero-order chi connectivity index (χ0) is 20.7. The third-order valence-corrected chi connectivity index (χ3v) is 6.87. The molecule has 2 saturated carbocycles. The Morgan fingerprint density at radius 1 is 1.10 bits per heavy atom. The summed E-state index contributed by atoms with van der Waals surface area (Å²) < 4.78 is 5.33. The average molecular weight is 410 g/mol. The lowest BCUT2D eigenvalue weighted by Crippen LogP contribution is -2.43. The normalized spacial score (nSPS) is 25.6. The van der Waals surface area contributed by atoms with Crippen molar-refractivity contribution in [3.05, 3.63) is 40.3 Å². The monoisotopic (exact) mass is 410 g/mol. The van der Waals surface area contributed by atoms with Crippen LogP contribution in [-0.4, -0.2) is 52.9 Å². The highest BCUT2D eigenvalue weighted by molar-refractivity contribution is 6.05. The number of carbonyl (C=O) groups excluding carboxylic acids is 2. The molecular weight excluding hydrogens is 384 g/mol. The van der Waals surface area contributed by atoms with E-state index in [1.54, 1.807) is 29.2 Å². The summed E-state index contributed by atoms with van der Waals surface area (Å²) in [6, 6.07) is 6.90. The number of carbonyl (C=O) groups is 2. The predicted molar refractivity (Wildman–Crippen MR) is 111 cm³/mol. The largest absolute Gasteiger partial charge is 0.378 e. The number of rotatable bonds is 4. The molecule has 2 bridgehead atoms. The number of ether oxygens (including phenoxy) is 1. The maximum absolute atomic E-state index is 13.1. The van der Waals surface area contributed by atoms with Gasteiger partial charge < -0.3 is 9.64 Å². The fraction of sp³-hybridized carbons (Fsp3) is 0.545. The molecule has 158 valence electrons. The lowest BCUT2D eigenvalue weighted by Gasteiger charge is -2.27. The number of amides is 2. The Morgan fingerprint density at radius 3 is 2.57 bits per heavy atom. The van der Waals surface area contributed by atoms with Gasteiger partial charge >= 0.3 is 0 Å². The van der Waals surface area contributed by atoms with Gasteiger partial charge in [-0.1, -0.05) is 24.6 Å². The van der Waals surface area contributed by atoms with Gasteiger partial charge in [-0.05, 0) is 43.1 Å². The highest BCUT2D eigenvalue weighted by Gasteiger charge is 2.40. The van der Waals surface area contributed by atoms with Gasteiger partial charge in [0.05, 0.1) is 18.6 Å². The SMILES string of the molecule is O=C(C[C@H]1C[C@@H]2CC[C@H]1C2)Nn1nc(C(=O)N2CCOCC2)c2ccccc2c1=O. The van der Waals surface area contributed by atoms with Gasteiger partial charge in [-0.15, -0.1) is 9.89 Å². The molecule has 2 aliphatic carbocycles. The second-order valence-electron chi connectivity index (χ2n) is 8.69. The highest BCUT2D eigenvalue weighted by Crippen LogP contribution is 2.49. The van der Waals surface area contributed by atoms with Crippen molar-refractivity contribution in [1.29, 1.82) is 0 Å². The molecule has 0 unspecified atom stereocenters. The summed E-state index contributed by atoms with van der Waals surface area (Å²) in [4.78, 5) is 41.3. The van der Waals surface area contributed by atoms with E-state index in [0.717, 1.165) is 17.1 Å². The summed E-state index contributed by atoms with van der Waals surface area (Å²) in [6.45, 7) is 1.91. The first-order valence-electron chi connectivity index (χ1n) is 10.8. The quantitative estimate of drug-likeness (QED) is 0.829. The molecule has 3 fully saturated rings. The van der Waals surface area contributed by atoms with Crippen molar-refractivity contribution in [2.75, 3.05) is 31.7 Å². The van der Waals surface area contributed by atoms with Crippen LogP contribution in [0.1, 0.15) is 42.6 Å². The second-order valence-corrected chi connectivity index (χ2v) is 8.69. The number of benzene rings is 1. The molecule has 1 saturated heterocycles. The molecule has 1 aromatic carbocycles. The first-order valence-corrected chi connectivity index (χ1v) is 10.8. The summed E-state index contributed by atoms with van der Waals surface area (Å²) in [5.74, 6) is 1.29. The third kappa shape index (κ3) is 3.49. The molecule has 2 amide bonds. The van der Waals surface area contributed by atoms with Crippen molar-refractivity contribution in [1.82, 2.24) is 14.8 Å². The van der Waals surface area contributed by atoms with E-state index in [1.807, 2.05) is 0 Å². The van der Waals surface area contributed by atoms with E-state index in [9.17, 15) is 14.4 Å². The number of nitrogens with one attached hydrogen (secondary N) is 1. The highest BCUT2D eigenvalue weighted by atomic mass is 16.5. The first kappa shape index (κ1) is 19.2. The van der Waals surface area contributed by atoms with Crippen LogP contribution in [0.25, 0.3) is 10.8 Å². The maximum Gasteiger partial charge on any atom is 0.294 e. The van der Waals surface area contributed by atoms with Gasteiger partial charge in [0.2, 0.25) is 5.91 Å². The number of hydrogen-bond donors (Lipinski definition) is 1. The fourth-order valence-corrected chi connectivity index (χ4v) is 5.37. The standard InChI is InChI=1S/C22H26N4O4/c27-19(13-16-12-14-5-6-15(16)11-14)23-26-21(28)18-4-2-1-3-17(18)20(24-26)22(29)25-7-9-30-10-8-25/h1-4,14-16H,5-13H2,(H,23,27)/t14-,15+,16-/m1/s1. The molecule has 5 rings (SSSR count). The van der Waals surface area contributed by atoms with Crippen LogP contribution in [0.15, 0.2) is 29.1 Å². The van der Waals surface area contributed by atoms with Gasteiger partial charge in [0.25, 0.3) is 11.5 Å². The molecule has 2 aromatic rings. The van der Waals surface area contributed by atoms with E-state index in [0.29, 0.717) is 55.3 Å². The lowest BCUT2D eigenvalue weighted by atomic mass is 9.86. The molecule has 2 heterocycles. The van der Waals surface area contributed by atoms with Gasteiger partial charge in [-0.2, -0.15) is 0 Å². The molecule has 3 aliphatic rings. The number of fused-ring (bicyclic) bond motifs is 3. The van der Waals surface area contributed by atoms with Crippen LogP contribution in [0.2, 0.25) is 0 Å². The Morgan fingerprint density at radius 2 is 1.87 bits per heavy atom. The molecule has 0 radical (unpaired) electrons. The van der Waals surface area contributed by atoms with Crippen LogP contribution in [0.5, 0.6) is 0 Å².